The second kappa shape index (κ2) is 6.95. The normalized spacial score (nSPS) is 11.6. The van der Waals surface area contributed by atoms with Crippen molar-refractivity contribution in [1.82, 2.24) is 29.5 Å². The second-order valence-electron chi connectivity index (χ2n) is 7.45. The van der Waals surface area contributed by atoms with Crippen LogP contribution in [0.15, 0.2) is 48.5 Å². The fraction of sp³-hybridized carbons (Fsp3) is 0.217. The Bertz CT molecular complexity index is 1380. The Morgan fingerprint density at radius 3 is 2.50 bits per heavy atom. The molecule has 0 aliphatic heterocycles. The van der Waals surface area contributed by atoms with Gasteiger partial charge in [0.2, 0.25) is 0 Å². The Hall–Kier alpha value is -3.74. The first-order valence-corrected chi connectivity index (χ1v) is 10.0. The van der Waals surface area contributed by atoms with E-state index in [0.717, 1.165) is 57.5 Å². The van der Waals surface area contributed by atoms with Gasteiger partial charge in [0.1, 0.15) is 11.3 Å². The number of phenols is 1. The summed E-state index contributed by atoms with van der Waals surface area (Å²) in [5.41, 5.74) is 6.88. The van der Waals surface area contributed by atoms with E-state index in [4.69, 9.17) is 10.1 Å². The molecule has 0 radical (unpaired) electrons. The highest BCUT2D eigenvalue weighted by atomic mass is 16.3. The molecule has 30 heavy (non-hydrogen) atoms. The summed E-state index contributed by atoms with van der Waals surface area (Å²) in [6.45, 7) is 6.92. The highest BCUT2D eigenvalue weighted by Gasteiger charge is 2.18. The summed E-state index contributed by atoms with van der Waals surface area (Å²) in [6, 6.07) is 15.4. The van der Waals surface area contributed by atoms with Gasteiger partial charge in [0.05, 0.1) is 11.2 Å². The van der Waals surface area contributed by atoms with Crippen LogP contribution in [0.1, 0.15) is 29.4 Å². The zero-order valence-electron chi connectivity index (χ0n) is 17.2. The van der Waals surface area contributed by atoms with Gasteiger partial charge in [0, 0.05) is 29.6 Å². The van der Waals surface area contributed by atoms with Gasteiger partial charge in [-0.15, -0.1) is 10.2 Å². The fourth-order valence-electron chi connectivity index (χ4n) is 4.05. The lowest BCUT2D eigenvalue weighted by Gasteiger charge is -2.06. The predicted octanol–water partition coefficient (Wildman–Crippen LogP) is 4.10. The van der Waals surface area contributed by atoms with Gasteiger partial charge in [0.15, 0.2) is 5.65 Å². The highest BCUT2D eigenvalue weighted by Crippen LogP contribution is 2.27. The van der Waals surface area contributed by atoms with E-state index in [9.17, 15) is 5.11 Å². The van der Waals surface area contributed by atoms with Crippen molar-refractivity contribution in [2.24, 2.45) is 0 Å². The van der Waals surface area contributed by atoms with Gasteiger partial charge >= 0.3 is 0 Å². The van der Waals surface area contributed by atoms with Crippen molar-refractivity contribution in [1.29, 1.82) is 0 Å². The van der Waals surface area contributed by atoms with E-state index >= 15 is 0 Å². The Morgan fingerprint density at radius 2 is 1.73 bits per heavy atom. The van der Waals surface area contributed by atoms with E-state index in [0.29, 0.717) is 5.95 Å². The molecule has 0 spiro atoms. The van der Waals surface area contributed by atoms with Crippen molar-refractivity contribution in [3.05, 3.63) is 71.0 Å². The number of benzene rings is 2. The first kappa shape index (κ1) is 18.3. The number of phenolic OH excluding ortho intramolecular Hbond substituents is 1. The quantitative estimate of drug-likeness (QED) is 0.493. The van der Waals surface area contributed by atoms with Crippen LogP contribution in [0.4, 0.5) is 0 Å². The van der Waals surface area contributed by atoms with Gasteiger partial charge in [-0.1, -0.05) is 30.3 Å². The van der Waals surface area contributed by atoms with Gasteiger partial charge in [0.25, 0.3) is 5.95 Å². The molecule has 5 rings (SSSR count). The van der Waals surface area contributed by atoms with Crippen molar-refractivity contribution in [3.63, 3.8) is 0 Å². The molecule has 7 nitrogen and oxygen atoms in total. The van der Waals surface area contributed by atoms with Gasteiger partial charge in [-0.2, -0.15) is 10.1 Å². The molecule has 3 aromatic heterocycles. The zero-order valence-corrected chi connectivity index (χ0v) is 17.2. The predicted molar refractivity (Wildman–Crippen MR) is 116 cm³/mol. The monoisotopic (exact) mass is 398 g/mol. The van der Waals surface area contributed by atoms with Crippen molar-refractivity contribution >= 4 is 22.1 Å². The van der Waals surface area contributed by atoms with Gasteiger partial charge < -0.3 is 9.67 Å². The van der Waals surface area contributed by atoms with Crippen molar-refractivity contribution < 1.29 is 5.11 Å². The van der Waals surface area contributed by atoms with Crippen LogP contribution in [0, 0.1) is 13.8 Å². The van der Waals surface area contributed by atoms with E-state index in [1.165, 1.54) is 0 Å². The molecule has 0 aliphatic carbocycles. The third kappa shape index (κ3) is 2.82. The molecule has 0 saturated carbocycles. The lowest BCUT2D eigenvalue weighted by molar-refractivity contribution is 0.475. The van der Waals surface area contributed by atoms with E-state index in [1.54, 1.807) is 16.8 Å². The van der Waals surface area contributed by atoms with Gasteiger partial charge in [-0.3, -0.25) is 0 Å². The minimum absolute atomic E-state index is 0.266. The first-order chi connectivity index (χ1) is 14.6. The van der Waals surface area contributed by atoms with Crippen LogP contribution in [0.3, 0.4) is 0 Å². The lowest BCUT2D eigenvalue weighted by Crippen LogP contribution is -2.08. The molecule has 1 N–H and O–H groups in total. The summed E-state index contributed by atoms with van der Waals surface area (Å²) < 4.78 is 3.93. The molecule has 7 heteroatoms. The van der Waals surface area contributed by atoms with Crippen LogP contribution >= 0.6 is 0 Å². The molecule has 2 aromatic carbocycles. The van der Waals surface area contributed by atoms with E-state index in [-0.39, 0.29) is 5.75 Å². The van der Waals surface area contributed by atoms with Crippen LogP contribution in [-0.2, 0) is 13.0 Å². The van der Waals surface area contributed by atoms with Crippen LogP contribution in [0.2, 0.25) is 0 Å². The molecule has 0 fully saturated rings. The van der Waals surface area contributed by atoms with Gasteiger partial charge in [-0.25, -0.2) is 4.68 Å². The Kier molecular flexibility index (Phi) is 4.24. The fourth-order valence-corrected chi connectivity index (χ4v) is 4.05. The number of aromatic nitrogens is 6. The molecular formula is C23H22N6O. The minimum atomic E-state index is 0.266. The molecule has 0 unspecified atom stereocenters. The van der Waals surface area contributed by atoms with E-state index in [1.807, 2.05) is 38.1 Å². The lowest BCUT2D eigenvalue weighted by atomic mass is 10.0. The Morgan fingerprint density at radius 1 is 0.967 bits per heavy atom. The maximum Gasteiger partial charge on any atom is 0.272 e. The summed E-state index contributed by atoms with van der Waals surface area (Å²) >= 11 is 0. The molecule has 0 bridgehead atoms. The number of rotatable bonds is 4. The smallest absolute Gasteiger partial charge is 0.272 e. The van der Waals surface area contributed by atoms with Crippen LogP contribution in [0.5, 0.6) is 5.75 Å². The SMILES string of the molecule is CCn1c2ccccc2c2nnc(-n3nc(C)c(Cc4ccc(O)cc4)c3C)nc21. The molecule has 0 amide bonds. The molecule has 0 atom stereocenters. The summed E-state index contributed by atoms with van der Waals surface area (Å²) in [7, 11) is 0. The average Bonchev–Trinajstić information content (AvgIpc) is 3.23. The van der Waals surface area contributed by atoms with Crippen LogP contribution in [-0.4, -0.2) is 34.6 Å². The Balaban J connectivity index is 1.62. The van der Waals surface area contributed by atoms with Crippen molar-refractivity contribution in [3.8, 4) is 11.7 Å². The number of aromatic hydroxyl groups is 1. The number of nitrogens with zero attached hydrogens (tertiary/aromatic N) is 6. The number of aryl methyl sites for hydroxylation is 2. The largest absolute Gasteiger partial charge is 0.508 e. The molecule has 5 aromatic rings. The number of para-hydroxylation sites is 1. The molecule has 0 aliphatic rings. The van der Waals surface area contributed by atoms with Gasteiger partial charge in [-0.05, 0) is 44.5 Å². The number of hydrogen-bond donors (Lipinski definition) is 1. The maximum atomic E-state index is 9.52. The number of fused-ring (bicyclic) bond motifs is 3. The standard InChI is InChI=1S/C23H22N6O/c1-4-28-20-8-6-5-7-18(20)21-22(28)24-23(26-25-21)29-15(3)19(14(2)27-29)13-16-9-11-17(30)12-10-16/h5-12,30H,4,13H2,1-3H3. The Labute approximate surface area is 173 Å². The third-order valence-electron chi connectivity index (χ3n) is 5.63. The topological polar surface area (TPSA) is 81.7 Å². The van der Waals surface area contributed by atoms with E-state index in [2.05, 4.69) is 33.8 Å². The maximum absolute atomic E-state index is 9.52. The summed E-state index contributed by atoms with van der Waals surface area (Å²) in [5, 5.41) is 24.2. The summed E-state index contributed by atoms with van der Waals surface area (Å²) in [4.78, 5) is 4.84. The van der Waals surface area contributed by atoms with Crippen molar-refractivity contribution in [2.45, 2.75) is 33.7 Å². The average molecular weight is 398 g/mol. The highest BCUT2D eigenvalue weighted by molar-refractivity contribution is 6.04. The minimum Gasteiger partial charge on any atom is -0.508 e. The molecular weight excluding hydrogens is 376 g/mol. The van der Waals surface area contributed by atoms with Crippen LogP contribution in [0.25, 0.3) is 28.0 Å². The summed E-state index contributed by atoms with van der Waals surface area (Å²) in [5.74, 6) is 0.736. The molecule has 0 saturated heterocycles. The zero-order chi connectivity index (χ0) is 20.8. The van der Waals surface area contributed by atoms with Crippen molar-refractivity contribution in [2.75, 3.05) is 0 Å². The summed E-state index contributed by atoms with van der Waals surface area (Å²) in [6.07, 6.45) is 0.725. The molecule has 150 valence electrons. The van der Waals surface area contributed by atoms with E-state index < -0.39 is 0 Å². The first-order valence-electron chi connectivity index (χ1n) is 10.0. The van der Waals surface area contributed by atoms with Crippen LogP contribution < -0.4 is 0 Å². The number of hydrogen-bond acceptors (Lipinski definition) is 5. The molecule has 3 heterocycles. The third-order valence-corrected chi connectivity index (χ3v) is 5.63. The second-order valence-corrected chi connectivity index (χ2v) is 7.45.